The molecular formula is C17H17FN2O. The largest absolute Gasteiger partial charge is 0.395 e. The Balaban J connectivity index is 1.96. The number of nitrogens with zero attached hydrogens (tertiary/aromatic N) is 1. The lowest BCUT2D eigenvalue weighted by Gasteiger charge is -2.16. The Morgan fingerprint density at radius 3 is 2.57 bits per heavy atom. The minimum atomic E-state index is -0.510. The lowest BCUT2D eigenvalue weighted by molar-refractivity contribution is 0.241. The molecule has 0 saturated heterocycles. The van der Waals surface area contributed by atoms with E-state index in [1.54, 1.807) is 6.07 Å². The molecule has 0 aliphatic heterocycles. The predicted molar refractivity (Wildman–Crippen MR) is 79.0 cm³/mol. The van der Waals surface area contributed by atoms with Gasteiger partial charge in [0.15, 0.2) is 0 Å². The Bertz CT molecular complexity index is 622. The van der Waals surface area contributed by atoms with Crippen LogP contribution in [0.3, 0.4) is 0 Å². The average Bonchev–Trinajstić information content (AvgIpc) is 2.53. The third-order valence-electron chi connectivity index (χ3n) is 3.29. The Labute approximate surface area is 123 Å². The Kier molecular flexibility index (Phi) is 5.44. The maximum Gasteiger partial charge on any atom is 0.140 e. The molecule has 0 unspecified atom stereocenters. The summed E-state index contributed by atoms with van der Waals surface area (Å²) in [7, 11) is 0. The van der Waals surface area contributed by atoms with E-state index < -0.39 is 5.82 Å². The van der Waals surface area contributed by atoms with E-state index >= 15 is 0 Å². The van der Waals surface area contributed by atoms with Gasteiger partial charge < -0.3 is 10.4 Å². The van der Waals surface area contributed by atoms with Gasteiger partial charge in [-0.05, 0) is 29.7 Å². The van der Waals surface area contributed by atoms with E-state index in [1.807, 2.05) is 36.4 Å². The molecule has 108 valence electrons. The van der Waals surface area contributed by atoms with Gasteiger partial charge in [0.25, 0.3) is 0 Å². The van der Waals surface area contributed by atoms with Crippen molar-refractivity contribution < 1.29 is 9.50 Å². The third kappa shape index (κ3) is 4.38. The maximum atomic E-state index is 13.2. The van der Waals surface area contributed by atoms with E-state index in [0.717, 1.165) is 11.1 Å². The molecule has 3 nitrogen and oxygen atoms in total. The van der Waals surface area contributed by atoms with Gasteiger partial charge in [0.2, 0.25) is 0 Å². The minimum absolute atomic E-state index is 0.0151. The van der Waals surface area contributed by atoms with Gasteiger partial charge >= 0.3 is 0 Å². The standard InChI is InChI=1S/C17H17FN2O/c18-17-7-6-14(8-15(17)10-19)11-20-16(12-21)9-13-4-2-1-3-5-13/h1-8,16,20-21H,9,11-12H2/t16-/m0/s1. The fraction of sp³-hybridized carbons (Fsp3) is 0.235. The minimum Gasteiger partial charge on any atom is -0.395 e. The molecule has 0 bridgehead atoms. The van der Waals surface area contributed by atoms with Crippen LogP contribution in [0.1, 0.15) is 16.7 Å². The van der Waals surface area contributed by atoms with E-state index in [2.05, 4.69) is 5.32 Å². The molecule has 0 radical (unpaired) electrons. The summed E-state index contributed by atoms with van der Waals surface area (Å²) < 4.78 is 13.2. The summed E-state index contributed by atoms with van der Waals surface area (Å²) in [6, 6.07) is 16.1. The number of aliphatic hydroxyl groups is 1. The van der Waals surface area contributed by atoms with Gasteiger partial charge in [-0.2, -0.15) is 5.26 Å². The molecule has 2 N–H and O–H groups in total. The topological polar surface area (TPSA) is 56.0 Å². The van der Waals surface area contributed by atoms with Gasteiger partial charge in [0.1, 0.15) is 11.9 Å². The number of hydrogen-bond donors (Lipinski definition) is 2. The molecule has 2 aromatic rings. The summed E-state index contributed by atoms with van der Waals surface area (Å²) in [6.45, 7) is 0.494. The van der Waals surface area contributed by atoms with Crippen molar-refractivity contribution in [3.05, 3.63) is 71.0 Å². The highest BCUT2D eigenvalue weighted by atomic mass is 19.1. The van der Waals surface area contributed by atoms with Crippen molar-refractivity contribution in [2.75, 3.05) is 6.61 Å². The highest BCUT2D eigenvalue weighted by Crippen LogP contribution is 2.10. The van der Waals surface area contributed by atoms with E-state index in [1.165, 1.54) is 12.1 Å². The first kappa shape index (κ1) is 15.2. The second-order valence-corrected chi connectivity index (χ2v) is 4.88. The van der Waals surface area contributed by atoms with Gasteiger partial charge in [-0.25, -0.2) is 4.39 Å². The number of rotatable bonds is 6. The van der Waals surface area contributed by atoms with E-state index in [4.69, 9.17) is 5.26 Å². The first-order chi connectivity index (χ1) is 10.2. The van der Waals surface area contributed by atoms with E-state index in [0.29, 0.717) is 13.0 Å². The molecule has 21 heavy (non-hydrogen) atoms. The Hall–Kier alpha value is -2.22. The van der Waals surface area contributed by atoms with Gasteiger partial charge in [-0.3, -0.25) is 0 Å². The Morgan fingerprint density at radius 2 is 1.90 bits per heavy atom. The smallest absolute Gasteiger partial charge is 0.140 e. The van der Waals surface area contributed by atoms with Crippen LogP contribution >= 0.6 is 0 Å². The van der Waals surface area contributed by atoms with E-state index in [9.17, 15) is 9.50 Å². The first-order valence-electron chi connectivity index (χ1n) is 6.79. The first-order valence-corrected chi connectivity index (χ1v) is 6.79. The van der Waals surface area contributed by atoms with Gasteiger partial charge in [0, 0.05) is 12.6 Å². The summed E-state index contributed by atoms with van der Waals surface area (Å²) in [5.74, 6) is -0.510. The third-order valence-corrected chi connectivity index (χ3v) is 3.29. The van der Waals surface area contributed by atoms with Crippen LogP contribution in [0, 0.1) is 17.1 Å². The molecule has 0 aliphatic carbocycles. The molecule has 0 spiro atoms. The Morgan fingerprint density at radius 1 is 1.14 bits per heavy atom. The fourth-order valence-electron chi connectivity index (χ4n) is 2.13. The molecule has 2 aromatic carbocycles. The fourth-order valence-corrected chi connectivity index (χ4v) is 2.13. The molecule has 0 fully saturated rings. The summed E-state index contributed by atoms with van der Waals surface area (Å²) in [6.07, 6.45) is 0.712. The lowest BCUT2D eigenvalue weighted by Crippen LogP contribution is -2.34. The van der Waals surface area contributed by atoms with Crippen LogP contribution in [0.4, 0.5) is 4.39 Å². The zero-order chi connectivity index (χ0) is 15.1. The van der Waals surface area contributed by atoms with E-state index in [-0.39, 0.29) is 18.2 Å². The molecule has 0 heterocycles. The van der Waals surface area contributed by atoms with Crippen molar-refractivity contribution in [1.82, 2.24) is 5.32 Å². The second kappa shape index (κ2) is 7.53. The van der Waals surface area contributed by atoms with Crippen LogP contribution < -0.4 is 5.32 Å². The number of hydrogen-bond acceptors (Lipinski definition) is 3. The summed E-state index contributed by atoms with van der Waals surface area (Å²) in [5, 5.41) is 21.5. The number of nitriles is 1. The normalized spacial score (nSPS) is 11.9. The molecule has 1 atom stereocenters. The zero-order valence-corrected chi connectivity index (χ0v) is 11.6. The molecular weight excluding hydrogens is 267 g/mol. The molecule has 0 amide bonds. The van der Waals surface area contributed by atoms with Crippen LogP contribution in [-0.4, -0.2) is 17.8 Å². The lowest BCUT2D eigenvalue weighted by atomic mass is 10.1. The maximum absolute atomic E-state index is 13.2. The second-order valence-electron chi connectivity index (χ2n) is 4.88. The molecule has 2 rings (SSSR count). The van der Waals surface area contributed by atoms with Crippen molar-refractivity contribution in [2.45, 2.75) is 19.0 Å². The zero-order valence-electron chi connectivity index (χ0n) is 11.6. The number of halogens is 1. The van der Waals surface area contributed by atoms with Crippen molar-refractivity contribution in [2.24, 2.45) is 0 Å². The highest BCUT2D eigenvalue weighted by Gasteiger charge is 2.09. The van der Waals surface area contributed by atoms with Crippen molar-refractivity contribution in [3.8, 4) is 6.07 Å². The molecule has 0 aromatic heterocycles. The van der Waals surface area contributed by atoms with Gasteiger partial charge in [-0.15, -0.1) is 0 Å². The van der Waals surface area contributed by atoms with Crippen molar-refractivity contribution in [3.63, 3.8) is 0 Å². The average molecular weight is 284 g/mol. The molecule has 0 aliphatic rings. The van der Waals surface area contributed by atoms with Crippen LogP contribution in [0.15, 0.2) is 48.5 Å². The van der Waals surface area contributed by atoms with Crippen LogP contribution in [0.2, 0.25) is 0 Å². The monoisotopic (exact) mass is 284 g/mol. The van der Waals surface area contributed by atoms with Gasteiger partial charge in [0.05, 0.1) is 12.2 Å². The number of aliphatic hydroxyl groups excluding tert-OH is 1. The molecule has 0 saturated carbocycles. The summed E-state index contributed by atoms with van der Waals surface area (Å²) >= 11 is 0. The van der Waals surface area contributed by atoms with Crippen molar-refractivity contribution >= 4 is 0 Å². The number of benzene rings is 2. The SMILES string of the molecule is N#Cc1cc(CN[C@H](CO)Cc2ccccc2)ccc1F. The summed E-state index contributed by atoms with van der Waals surface area (Å²) in [5.41, 5.74) is 2.00. The molecule has 4 heteroatoms. The highest BCUT2D eigenvalue weighted by molar-refractivity contribution is 5.34. The van der Waals surface area contributed by atoms with Crippen LogP contribution in [-0.2, 0) is 13.0 Å². The summed E-state index contributed by atoms with van der Waals surface area (Å²) in [4.78, 5) is 0. The predicted octanol–water partition coefficient (Wildman–Crippen LogP) is 2.39. The quantitative estimate of drug-likeness (QED) is 0.856. The van der Waals surface area contributed by atoms with Crippen molar-refractivity contribution in [1.29, 1.82) is 5.26 Å². The van der Waals surface area contributed by atoms with Crippen LogP contribution in [0.5, 0.6) is 0 Å². The van der Waals surface area contributed by atoms with Crippen LogP contribution in [0.25, 0.3) is 0 Å². The van der Waals surface area contributed by atoms with Gasteiger partial charge in [-0.1, -0.05) is 36.4 Å². The number of nitrogens with one attached hydrogen (secondary N) is 1.